The summed E-state index contributed by atoms with van der Waals surface area (Å²) in [4.78, 5) is 0. The maximum Gasteiger partial charge on any atom is 0.119 e. The molecule has 0 aromatic heterocycles. The van der Waals surface area contributed by atoms with Gasteiger partial charge in [0.25, 0.3) is 0 Å². The fourth-order valence-electron chi connectivity index (χ4n) is 0.849. The Kier molecular flexibility index (Phi) is 8.41. The maximum absolute atomic E-state index is 5.42. The minimum Gasteiger partial charge on any atom is -0.494 e. The molecule has 74 valence electrons. The third kappa shape index (κ3) is 6.03. The van der Waals surface area contributed by atoms with Gasteiger partial charge in [-0.1, -0.05) is 18.2 Å². The first-order chi connectivity index (χ1) is 5.93. The van der Waals surface area contributed by atoms with E-state index < -0.39 is 0 Å². The summed E-state index contributed by atoms with van der Waals surface area (Å²) in [5, 5.41) is 0. The highest BCUT2D eigenvalue weighted by atomic mass is 79.9. The molecule has 0 bridgehead atoms. The molecule has 0 heterocycles. The number of halogens is 1. The first kappa shape index (κ1) is 12.9. The molecule has 1 aromatic rings. The van der Waals surface area contributed by atoms with Gasteiger partial charge in [0.1, 0.15) is 5.75 Å². The molecule has 0 aliphatic heterocycles. The molecular weight excluding hydrogens is 251 g/mol. The van der Waals surface area contributed by atoms with Crippen LogP contribution in [0, 0.1) is 0 Å². The molecule has 0 saturated heterocycles. The van der Waals surface area contributed by atoms with Crippen LogP contribution in [0.3, 0.4) is 0 Å². The van der Waals surface area contributed by atoms with Gasteiger partial charge >= 0.3 is 0 Å². The zero-order chi connectivity index (χ0) is 8.65. The standard InChI is InChI=1S/C9H13O2P.BrH/c12-11-8-4-7-10-9-5-2-1-3-6-9;/h1-3,5-6H,4,7-8,12H2;1H. The van der Waals surface area contributed by atoms with Crippen molar-refractivity contribution in [2.45, 2.75) is 6.42 Å². The largest absolute Gasteiger partial charge is 0.494 e. The van der Waals surface area contributed by atoms with E-state index in [9.17, 15) is 0 Å². The van der Waals surface area contributed by atoms with Gasteiger partial charge in [0.15, 0.2) is 0 Å². The molecule has 0 aliphatic rings. The van der Waals surface area contributed by atoms with Crippen LogP contribution in [0.25, 0.3) is 0 Å². The second-order valence-electron chi connectivity index (χ2n) is 2.39. The molecule has 0 radical (unpaired) electrons. The summed E-state index contributed by atoms with van der Waals surface area (Å²) in [7, 11) is 2.22. The summed E-state index contributed by atoms with van der Waals surface area (Å²) in [6, 6.07) is 9.78. The molecule has 13 heavy (non-hydrogen) atoms. The molecule has 0 aliphatic carbocycles. The lowest BCUT2D eigenvalue weighted by Crippen LogP contribution is -1.99. The van der Waals surface area contributed by atoms with Crippen LogP contribution in [0.4, 0.5) is 0 Å². The van der Waals surface area contributed by atoms with Gasteiger partial charge in [-0.15, -0.1) is 17.0 Å². The average molecular weight is 265 g/mol. The lowest BCUT2D eigenvalue weighted by atomic mass is 10.3. The van der Waals surface area contributed by atoms with Crippen molar-refractivity contribution in [1.29, 1.82) is 0 Å². The fourth-order valence-corrected chi connectivity index (χ4v) is 1.02. The van der Waals surface area contributed by atoms with Crippen molar-refractivity contribution in [2.75, 3.05) is 13.2 Å². The van der Waals surface area contributed by atoms with Crippen LogP contribution in [0.2, 0.25) is 0 Å². The first-order valence-corrected chi connectivity index (χ1v) is 4.40. The minimum absolute atomic E-state index is 0. The summed E-state index contributed by atoms with van der Waals surface area (Å²) in [5.41, 5.74) is 0. The summed E-state index contributed by atoms with van der Waals surface area (Å²) in [6.07, 6.45) is 0.915. The third-order valence-electron chi connectivity index (χ3n) is 1.42. The van der Waals surface area contributed by atoms with Gasteiger partial charge in [0.2, 0.25) is 0 Å². The van der Waals surface area contributed by atoms with Crippen LogP contribution in [0.1, 0.15) is 6.42 Å². The normalized spacial score (nSPS) is 9.00. The molecule has 0 spiro atoms. The smallest absolute Gasteiger partial charge is 0.119 e. The lowest BCUT2D eigenvalue weighted by molar-refractivity contribution is 0.266. The van der Waals surface area contributed by atoms with Crippen molar-refractivity contribution >= 4 is 26.4 Å². The second kappa shape index (κ2) is 8.49. The summed E-state index contributed by atoms with van der Waals surface area (Å²) in [6.45, 7) is 1.43. The molecule has 2 nitrogen and oxygen atoms in total. The zero-order valence-electron chi connectivity index (χ0n) is 7.31. The van der Waals surface area contributed by atoms with Gasteiger partial charge in [-0.05, 0) is 12.1 Å². The number of hydrogen-bond acceptors (Lipinski definition) is 2. The van der Waals surface area contributed by atoms with Gasteiger partial charge < -0.3 is 9.26 Å². The van der Waals surface area contributed by atoms with E-state index in [1.165, 1.54) is 0 Å². The Morgan fingerprint density at radius 3 is 2.38 bits per heavy atom. The molecule has 1 aromatic carbocycles. The third-order valence-corrected chi connectivity index (χ3v) is 1.65. The Morgan fingerprint density at radius 2 is 1.77 bits per heavy atom. The molecule has 4 heteroatoms. The highest BCUT2D eigenvalue weighted by molar-refractivity contribution is 8.93. The quantitative estimate of drug-likeness (QED) is 0.602. The highest BCUT2D eigenvalue weighted by Crippen LogP contribution is 2.08. The van der Waals surface area contributed by atoms with E-state index in [1.54, 1.807) is 0 Å². The molecular formula is C9H14BrO2P. The van der Waals surface area contributed by atoms with E-state index in [1.807, 2.05) is 30.3 Å². The second-order valence-corrected chi connectivity index (χ2v) is 2.72. The van der Waals surface area contributed by atoms with Crippen molar-refractivity contribution in [2.24, 2.45) is 0 Å². The van der Waals surface area contributed by atoms with E-state index in [0.717, 1.165) is 18.8 Å². The number of rotatable bonds is 5. The van der Waals surface area contributed by atoms with Crippen LogP contribution in [-0.4, -0.2) is 13.2 Å². The highest BCUT2D eigenvalue weighted by Gasteiger charge is 1.90. The van der Waals surface area contributed by atoms with Gasteiger partial charge in [0, 0.05) is 15.9 Å². The van der Waals surface area contributed by atoms with Crippen LogP contribution >= 0.6 is 26.4 Å². The minimum atomic E-state index is 0. The van der Waals surface area contributed by atoms with Gasteiger partial charge in [-0.25, -0.2) is 0 Å². The van der Waals surface area contributed by atoms with Crippen molar-refractivity contribution in [3.63, 3.8) is 0 Å². The topological polar surface area (TPSA) is 18.5 Å². The monoisotopic (exact) mass is 264 g/mol. The van der Waals surface area contributed by atoms with Crippen LogP contribution in [0.5, 0.6) is 5.75 Å². The van der Waals surface area contributed by atoms with Gasteiger partial charge in [0.05, 0.1) is 13.2 Å². The van der Waals surface area contributed by atoms with Crippen LogP contribution < -0.4 is 4.74 Å². The van der Waals surface area contributed by atoms with Crippen molar-refractivity contribution in [1.82, 2.24) is 0 Å². The number of hydrogen-bond donors (Lipinski definition) is 0. The number of para-hydroxylation sites is 1. The first-order valence-electron chi connectivity index (χ1n) is 3.93. The molecule has 0 amide bonds. The predicted octanol–water partition coefficient (Wildman–Crippen LogP) is 2.84. The van der Waals surface area contributed by atoms with E-state index in [4.69, 9.17) is 9.26 Å². The van der Waals surface area contributed by atoms with E-state index >= 15 is 0 Å². The van der Waals surface area contributed by atoms with Gasteiger partial charge in [-0.2, -0.15) is 0 Å². The molecule has 0 fully saturated rings. The maximum atomic E-state index is 5.42. The average Bonchev–Trinajstić information content (AvgIpc) is 2.14. The number of ether oxygens (including phenoxy) is 1. The zero-order valence-corrected chi connectivity index (χ0v) is 10.2. The van der Waals surface area contributed by atoms with Crippen molar-refractivity contribution < 1.29 is 9.26 Å². The number of benzene rings is 1. The molecule has 1 atom stereocenters. The van der Waals surface area contributed by atoms with Crippen molar-refractivity contribution in [3.8, 4) is 5.75 Å². The molecule has 0 N–H and O–H groups in total. The molecule has 0 saturated carbocycles. The van der Waals surface area contributed by atoms with Crippen LogP contribution in [-0.2, 0) is 4.52 Å². The predicted molar refractivity (Wildman–Crippen MR) is 62.5 cm³/mol. The Labute approximate surface area is 91.7 Å². The lowest BCUT2D eigenvalue weighted by Gasteiger charge is -2.04. The Balaban J connectivity index is 0.00000144. The Bertz CT molecular complexity index is 206. The van der Waals surface area contributed by atoms with E-state index in [2.05, 4.69) is 9.47 Å². The molecule has 1 unspecified atom stereocenters. The van der Waals surface area contributed by atoms with Crippen LogP contribution in [0.15, 0.2) is 30.3 Å². The van der Waals surface area contributed by atoms with Crippen molar-refractivity contribution in [3.05, 3.63) is 30.3 Å². The van der Waals surface area contributed by atoms with E-state index in [-0.39, 0.29) is 17.0 Å². The van der Waals surface area contributed by atoms with Gasteiger partial charge in [-0.3, -0.25) is 0 Å². The Morgan fingerprint density at radius 1 is 1.08 bits per heavy atom. The van der Waals surface area contributed by atoms with E-state index in [0.29, 0.717) is 6.61 Å². The summed E-state index contributed by atoms with van der Waals surface area (Å²) in [5.74, 6) is 0.918. The SMILES string of the molecule is Br.POCCCOc1ccccc1. The summed E-state index contributed by atoms with van der Waals surface area (Å²) < 4.78 is 10.2. The Hall–Kier alpha value is -0.110. The summed E-state index contributed by atoms with van der Waals surface area (Å²) >= 11 is 0. The fraction of sp³-hybridized carbons (Fsp3) is 0.333. The molecule has 1 rings (SSSR count).